The van der Waals surface area contributed by atoms with E-state index in [1.807, 2.05) is 0 Å². The minimum Gasteiger partial charge on any atom is -0.481 e. The first-order valence-corrected chi connectivity index (χ1v) is 12.7. The second-order valence-corrected chi connectivity index (χ2v) is 11.9. The maximum atomic E-state index is 11.7. The Bertz CT molecular complexity index is 649. The van der Waals surface area contributed by atoms with Crippen molar-refractivity contribution >= 4 is 5.97 Å². The van der Waals surface area contributed by atoms with Crippen LogP contribution in [-0.4, -0.2) is 33.5 Å². The Labute approximate surface area is 182 Å². The first-order chi connectivity index (χ1) is 14.2. The number of hydrogen-bond acceptors (Lipinski definition) is 3. The molecule has 0 aromatic rings. The van der Waals surface area contributed by atoms with Crippen LogP contribution in [0.25, 0.3) is 0 Å². The summed E-state index contributed by atoms with van der Waals surface area (Å²) >= 11 is 0. The zero-order chi connectivity index (χ0) is 21.8. The topological polar surface area (TPSA) is 77.8 Å². The molecule has 4 saturated carbocycles. The molecule has 0 amide bonds. The van der Waals surface area contributed by atoms with Crippen LogP contribution in [0.15, 0.2) is 0 Å². The first-order valence-electron chi connectivity index (χ1n) is 12.7. The van der Waals surface area contributed by atoms with Gasteiger partial charge in [-0.25, -0.2) is 0 Å². The number of carboxylic acids is 1. The molecule has 0 aliphatic heterocycles. The summed E-state index contributed by atoms with van der Waals surface area (Å²) in [6, 6.07) is 0. The summed E-state index contributed by atoms with van der Waals surface area (Å²) < 4.78 is 0. The van der Waals surface area contributed by atoms with E-state index < -0.39 is 5.97 Å². The summed E-state index contributed by atoms with van der Waals surface area (Å²) in [6.45, 7) is 9.20. The Morgan fingerprint density at radius 2 is 1.80 bits per heavy atom. The van der Waals surface area contributed by atoms with E-state index in [0.29, 0.717) is 47.8 Å². The van der Waals surface area contributed by atoms with Crippen LogP contribution < -0.4 is 0 Å². The number of aliphatic hydroxyl groups is 2. The zero-order valence-electron chi connectivity index (χ0n) is 19.5. The largest absolute Gasteiger partial charge is 0.481 e. The third-order valence-corrected chi connectivity index (χ3v) is 11.0. The molecule has 4 fully saturated rings. The average molecular weight is 421 g/mol. The molecule has 0 bridgehead atoms. The standard InChI is InChI=1S/C26H44O4/c1-5-16-18-8-6-7-13-25(18,3)20-14-21(27)26(4)17(15(2)9-12-22(28)29)10-11-19(26)23(20)24(16)30/h15-21,23-24,27,30H,5-14H2,1-4H3,(H,28,29)/t15-,16-,17-,18+,19?,20?,21+,23?,24-,25+,26-/m1/s1. The number of aliphatic carboxylic acids is 1. The molecule has 4 nitrogen and oxygen atoms in total. The highest BCUT2D eigenvalue weighted by Gasteiger charge is 2.66. The van der Waals surface area contributed by atoms with Crippen LogP contribution in [0.4, 0.5) is 0 Å². The number of rotatable bonds is 5. The van der Waals surface area contributed by atoms with Gasteiger partial charge in [-0.1, -0.05) is 47.0 Å². The van der Waals surface area contributed by atoms with Crippen LogP contribution in [0.5, 0.6) is 0 Å². The zero-order valence-corrected chi connectivity index (χ0v) is 19.5. The average Bonchev–Trinajstić information content (AvgIpc) is 3.06. The van der Waals surface area contributed by atoms with Crippen molar-refractivity contribution in [3.05, 3.63) is 0 Å². The van der Waals surface area contributed by atoms with Gasteiger partial charge in [-0.3, -0.25) is 4.79 Å². The highest BCUT2D eigenvalue weighted by molar-refractivity contribution is 5.66. The van der Waals surface area contributed by atoms with Gasteiger partial charge < -0.3 is 15.3 Å². The van der Waals surface area contributed by atoms with Gasteiger partial charge >= 0.3 is 5.97 Å². The first kappa shape index (κ1) is 22.6. The van der Waals surface area contributed by atoms with E-state index in [9.17, 15) is 15.0 Å². The highest BCUT2D eigenvalue weighted by Crippen LogP contribution is 2.69. The van der Waals surface area contributed by atoms with Crippen molar-refractivity contribution in [1.29, 1.82) is 0 Å². The number of carbonyl (C=O) groups is 1. The summed E-state index contributed by atoms with van der Waals surface area (Å²) in [5.41, 5.74) is 0.0500. The molecule has 0 aromatic heterocycles. The summed E-state index contributed by atoms with van der Waals surface area (Å²) in [6.07, 6.45) is 9.37. The normalized spacial score (nSPS) is 51.5. The lowest BCUT2D eigenvalue weighted by molar-refractivity contribution is -0.222. The van der Waals surface area contributed by atoms with Gasteiger partial charge in [0.15, 0.2) is 0 Å². The number of hydrogen-bond donors (Lipinski definition) is 3. The third kappa shape index (κ3) is 3.18. The van der Waals surface area contributed by atoms with Gasteiger partial charge in [0, 0.05) is 6.42 Å². The molecule has 3 N–H and O–H groups in total. The van der Waals surface area contributed by atoms with E-state index in [0.717, 1.165) is 25.7 Å². The fourth-order valence-electron chi connectivity index (χ4n) is 9.52. The van der Waals surface area contributed by atoms with Gasteiger partial charge in [0.25, 0.3) is 0 Å². The predicted molar refractivity (Wildman–Crippen MR) is 118 cm³/mol. The van der Waals surface area contributed by atoms with Crippen LogP contribution >= 0.6 is 0 Å². The monoisotopic (exact) mass is 420 g/mol. The van der Waals surface area contributed by atoms with Crippen molar-refractivity contribution < 1.29 is 20.1 Å². The molecule has 0 spiro atoms. The Morgan fingerprint density at radius 3 is 2.47 bits per heavy atom. The van der Waals surface area contributed by atoms with E-state index in [1.54, 1.807) is 0 Å². The maximum Gasteiger partial charge on any atom is 0.303 e. The van der Waals surface area contributed by atoms with Crippen molar-refractivity contribution in [3.63, 3.8) is 0 Å². The number of aliphatic hydroxyl groups excluding tert-OH is 2. The molecule has 4 heteroatoms. The lowest BCUT2D eigenvalue weighted by atomic mass is 9.41. The molecular formula is C26H44O4. The Balaban J connectivity index is 1.66. The van der Waals surface area contributed by atoms with Gasteiger partial charge in [0.2, 0.25) is 0 Å². The molecule has 172 valence electrons. The van der Waals surface area contributed by atoms with Gasteiger partial charge in [0.1, 0.15) is 0 Å². The molecule has 4 aliphatic rings. The van der Waals surface area contributed by atoms with Crippen molar-refractivity contribution in [2.45, 2.75) is 104 Å². The van der Waals surface area contributed by atoms with E-state index in [2.05, 4.69) is 27.7 Å². The minimum atomic E-state index is -0.726. The van der Waals surface area contributed by atoms with Crippen molar-refractivity contribution in [2.75, 3.05) is 0 Å². The molecule has 0 aromatic carbocycles. The fourth-order valence-corrected chi connectivity index (χ4v) is 9.52. The summed E-state index contributed by atoms with van der Waals surface area (Å²) in [4.78, 5) is 11.1. The van der Waals surface area contributed by atoms with Gasteiger partial charge in [-0.15, -0.1) is 0 Å². The number of carboxylic acid groups (broad SMARTS) is 1. The molecule has 11 atom stereocenters. The van der Waals surface area contributed by atoms with Crippen molar-refractivity contribution in [1.82, 2.24) is 0 Å². The summed E-state index contributed by atoms with van der Waals surface area (Å²) in [7, 11) is 0. The molecule has 0 heterocycles. The predicted octanol–water partition coefficient (Wildman–Crippen LogP) is 5.11. The fraction of sp³-hybridized carbons (Fsp3) is 0.962. The molecule has 4 aliphatic carbocycles. The summed E-state index contributed by atoms with van der Waals surface area (Å²) in [5, 5.41) is 32.5. The highest BCUT2D eigenvalue weighted by atomic mass is 16.4. The molecular weight excluding hydrogens is 376 g/mol. The summed E-state index contributed by atoms with van der Waals surface area (Å²) in [5.74, 6) is 1.96. The Hall–Kier alpha value is -0.610. The van der Waals surface area contributed by atoms with E-state index >= 15 is 0 Å². The minimum absolute atomic E-state index is 0.198. The molecule has 3 unspecified atom stereocenters. The SMILES string of the molecule is CC[C@H]1[C@@H](O)C2C3CC[C@H]([C@H](C)CCC(=O)O)[C@@]3(C)[C@@H](O)CC2[C@@]2(C)CCCC[C@@H]12. The van der Waals surface area contributed by atoms with E-state index in [-0.39, 0.29) is 29.5 Å². The van der Waals surface area contributed by atoms with Crippen LogP contribution in [0, 0.1) is 52.3 Å². The second-order valence-electron chi connectivity index (χ2n) is 11.9. The van der Waals surface area contributed by atoms with Crippen LogP contribution in [0.1, 0.15) is 91.9 Å². The smallest absolute Gasteiger partial charge is 0.303 e. The van der Waals surface area contributed by atoms with Crippen LogP contribution in [0.2, 0.25) is 0 Å². The molecule has 0 radical (unpaired) electrons. The van der Waals surface area contributed by atoms with Crippen molar-refractivity contribution in [2.24, 2.45) is 52.3 Å². The quantitative estimate of drug-likeness (QED) is 0.577. The van der Waals surface area contributed by atoms with E-state index in [4.69, 9.17) is 5.11 Å². The molecule has 0 saturated heterocycles. The Kier molecular flexibility index (Phi) is 6.07. The van der Waals surface area contributed by atoms with Crippen LogP contribution in [-0.2, 0) is 4.79 Å². The third-order valence-electron chi connectivity index (χ3n) is 11.0. The molecule has 30 heavy (non-hydrogen) atoms. The van der Waals surface area contributed by atoms with E-state index in [1.165, 1.54) is 25.7 Å². The Morgan fingerprint density at radius 1 is 1.07 bits per heavy atom. The van der Waals surface area contributed by atoms with Crippen molar-refractivity contribution in [3.8, 4) is 0 Å². The number of fused-ring (bicyclic) bond motifs is 5. The van der Waals surface area contributed by atoms with Gasteiger partial charge in [-0.2, -0.15) is 0 Å². The lowest BCUT2D eigenvalue weighted by Crippen LogP contribution is -2.64. The van der Waals surface area contributed by atoms with Crippen LogP contribution in [0.3, 0.4) is 0 Å². The molecule has 4 rings (SSSR count). The maximum absolute atomic E-state index is 11.7. The lowest BCUT2D eigenvalue weighted by Gasteiger charge is -2.65. The second kappa shape index (κ2) is 8.06. The van der Waals surface area contributed by atoms with Gasteiger partial charge in [-0.05, 0) is 90.8 Å². The van der Waals surface area contributed by atoms with Gasteiger partial charge in [0.05, 0.1) is 12.2 Å².